The van der Waals surface area contributed by atoms with E-state index in [9.17, 15) is 4.79 Å². The van der Waals surface area contributed by atoms with E-state index < -0.39 is 0 Å². The van der Waals surface area contributed by atoms with Gasteiger partial charge in [-0.25, -0.2) is 0 Å². The lowest BCUT2D eigenvalue weighted by molar-refractivity contribution is -0.119. The number of carbonyl (C=O) groups excluding carboxylic acids is 1. The third-order valence-electron chi connectivity index (χ3n) is 3.29. The van der Waals surface area contributed by atoms with Crippen molar-refractivity contribution >= 4 is 5.91 Å². The van der Waals surface area contributed by atoms with Crippen LogP contribution in [0, 0.1) is 20.8 Å². The standard InChI is InChI=1S/C15H24N2O/c1-10(2)17(9-15(16)18)8-14-12(4)6-11(3)7-13(14)5/h6-7,10H,8-9H2,1-5H3,(H2,16,18). The Bertz CT molecular complexity index is 415. The highest BCUT2D eigenvalue weighted by atomic mass is 16.1. The van der Waals surface area contributed by atoms with Crippen molar-refractivity contribution in [3.05, 3.63) is 34.4 Å². The number of primary amides is 1. The number of rotatable bonds is 5. The van der Waals surface area contributed by atoms with E-state index in [-0.39, 0.29) is 5.91 Å². The van der Waals surface area contributed by atoms with Crippen LogP contribution in [0.5, 0.6) is 0 Å². The van der Waals surface area contributed by atoms with Crippen LogP contribution in [0.15, 0.2) is 12.1 Å². The molecule has 0 fully saturated rings. The van der Waals surface area contributed by atoms with Crippen molar-refractivity contribution in [2.75, 3.05) is 6.54 Å². The first-order chi connectivity index (χ1) is 8.31. The minimum absolute atomic E-state index is 0.272. The molecule has 1 amide bonds. The highest BCUT2D eigenvalue weighted by Crippen LogP contribution is 2.19. The van der Waals surface area contributed by atoms with E-state index in [4.69, 9.17) is 5.73 Å². The van der Waals surface area contributed by atoms with Crippen LogP contribution in [0.1, 0.15) is 36.1 Å². The molecule has 0 saturated heterocycles. The summed E-state index contributed by atoms with van der Waals surface area (Å²) in [5.41, 5.74) is 10.4. The average Bonchev–Trinajstić information content (AvgIpc) is 2.20. The lowest BCUT2D eigenvalue weighted by Crippen LogP contribution is -2.38. The molecular formula is C15H24N2O. The number of nitrogens with two attached hydrogens (primary N) is 1. The maximum Gasteiger partial charge on any atom is 0.231 e. The van der Waals surface area contributed by atoms with Crippen LogP contribution in [-0.2, 0) is 11.3 Å². The summed E-state index contributed by atoms with van der Waals surface area (Å²) in [7, 11) is 0. The van der Waals surface area contributed by atoms with Crippen LogP contribution in [0.3, 0.4) is 0 Å². The Kier molecular flexibility index (Phi) is 4.91. The van der Waals surface area contributed by atoms with Gasteiger partial charge in [0.25, 0.3) is 0 Å². The van der Waals surface area contributed by atoms with Crippen LogP contribution in [0.25, 0.3) is 0 Å². The number of nitrogens with zero attached hydrogens (tertiary/aromatic N) is 1. The van der Waals surface area contributed by atoms with Gasteiger partial charge < -0.3 is 5.73 Å². The molecule has 18 heavy (non-hydrogen) atoms. The minimum atomic E-state index is -0.272. The molecule has 0 aliphatic heterocycles. The van der Waals surface area contributed by atoms with E-state index in [1.165, 1.54) is 22.3 Å². The smallest absolute Gasteiger partial charge is 0.231 e. The Labute approximate surface area is 110 Å². The van der Waals surface area contributed by atoms with E-state index in [2.05, 4.69) is 51.7 Å². The molecule has 1 aromatic rings. The van der Waals surface area contributed by atoms with E-state index in [1.807, 2.05) is 0 Å². The lowest BCUT2D eigenvalue weighted by atomic mass is 9.99. The first kappa shape index (κ1) is 14.7. The van der Waals surface area contributed by atoms with E-state index in [0.717, 1.165) is 6.54 Å². The fourth-order valence-corrected chi connectivity index (χ4v) is 2.28. The van der Waals surface area contributed by atoms with Crippen LogP contribution >= 0.6 is 0 Å². The maximum atomic E-state index is 11.1. The molecule has 3 heteroatoms. The number of hydrogen-bond acceptors (Lipinski definition) is 2. The summed E-state index contributed by atoms with van der Waals surface area (Å²) >= 11 is 0. The normalized spacial score (nSPS) is 11.3. The molecule has 0 heterocycles. The summed E-state index contributed by atoms with van der Waals surface area (Å²) in [6, 6.07) is 4.67. The summed E-state index contributed by atoms with van der Waals surface area (Å²) in [5.74, 6) is -0.272. The van der Waals surface area contributed by atoms with Gasteiger partial charge in [0.05, 0.1) is 6.54 Å². The predicted octanol–water partition coefficient (Wildman–Crippen LogP) is 2.31. The molecule has 0 atom stereocenters. The van der Waals surface area contributed by atoms with Gasteiger partial charge in [-0.3, -0.25) is 9.69 Å². The Morgan fingerprint density at radius 1 is 1.22 bits per heavy atom. The third kappa shape index (κ3) is 3.84. The predicted molar refractivity (Wildman–Crippen MR) is 75.4 cm³/mol. The molecule has 3 nitrogen and oxygen atoms in total. The van der Waals surface area contributed by atoms with Gasteiger partial charge in [-0.15, -0.1) is 0 Å². The molecule has 2 N–H and O–H groups in total. The van der Waals surface area contributed by atoms with Crippen molar-refractivity contribution < 1.29 is 4.79 Å². The second-order valence-corrected chi connectivity index (χ2v) is 5.34. The molecule has 0 bridgehead atoms. The van der Waals surface area contributed by atoms with Crippen molar-refractivity contribution in [3.8, 4) is 0 Å². The molecule has 0 spiro atoms. The molecule has 0 saturated carbocycles. The summed E-state index contributed by atoms with van der Waals surface area (Å²) in [4.78, 5) is 13.2. The first-order valence-electron chi connectivity index (χ1n) is 6.40. The van der Waals surface area contributed by atoms with E-state index in [0.29, 0.717) is 12.6 Å². The monoisotopic (exact) mass is 248 g/mol. The molecule has 0 radical (unpaired) electrons. The van der Waals surface area contributed by atoms with Crippen molar-refractivity contribution in [2.24, 2.45) is 5.73 Å². The van der Waals surface area contributed by atoms with Crippen LogP contribution < -0.4 is 5.73 Å². The number of carbonyl (C=O) groups is 1. The van der Waals surface area contributed by atoms with Crippen LogP contribution in [0.2, 0.25) is 0 Å². The quantitative estimate of drug-likeness (QED) is 0.869. The summed E-state index contributed by atoms with van der Waals surface area (Å²) in [5, 5.41) is 0. The first-order valence-corrected chi connectivity index (χ1v) is 6.40. The SMILES string of the molecule is Cc1cc(C)c(CN(CC(N)=O)C(C)C)c(C)c1. The molecule has 0 unspecified atom stereocenters. The van der Waals surface area contributed by atoms with E-state index >= 15 is 0 Å². The Balaban J connectivity index is 2.97. The Morgan fingerprint density at radius 2 is 1.72 bits per heavy atom. The fourth-order valence-electron chi connectivity index (χ4n) is 2.28. The van der Waals surface area contributed by atoms with Crippen molar-refractivity contribution in [2.45, 2.75) is 47.2 Å². The second kappa shape index (κ2) is 6.01. The fraction of sp³-hybridized carbons (Fsp3) is 0.533. The molecular weight excluding hydrogens is 224 g/mol. The Hall–Kier alpha value is -1.35. The number of hydrogen-bond donors (Lipinski definition) is 1. The number of benzene rings is 1. The van der Waals surface area contributed by atoms with Crippen molar-refractivity contribution in [1.29, 1.82) is 0 Å². The van der Waals surface area contributed by atoms with Crippen molar-refractivity contribution in [3.63, 3.8) is 0 Å². The van der Waals surface area contributed by atoms with Gasteiger partial charge in [0, 0.05) is 12.6 Å². The lowest BCUT2D eigenvalue weighted by Gasteiger charge is -2.26. The van der Waals surface area contributed by atoms with Crippen LogP contribution in [-0.4, -0.2) is 23.4 Å². The molecule has 0 aliphatic carbocycles. The average molecular weight is 248 g/mol. The minimum Gasteiger partial charge on any atom is -0.369 e. The highest BCUT2D eigenvalue weighted by molar-refractivity contribution is 5.75. The van der Waals surface area contributed by atoms with Gasteiger partial charge in [-0.1, -0.05) is 17.7 Å². The second-order valence-electron chi connectivity index (χ2n) is 5.34. The molecule has 0 aromatic heterocycles. The maximum absolute atomic E-state index is 11.1. The molecule has 100 valence electrons. The van der Waals surface area contributed by atoms with Gasteiger partial charge in [-0.05, 0) is 51.3 Å². The third-order valence-corrected chi connectivity index (χ3v) is 3.29. The molecule has 0 aliphatic rings. The summed E-state index contributed by atoms with van der Waals surface area (Å²) in [6.45, 7) is 11.6. The largest absolute Gasteiger partial charge is 0.369 e. The van der Waals surface area contributed by atoms with Gasteiger partial charge in [0.2, 0.25) is 5.91 Å². The van der Waals surface area contributed by atoms with Gasteiger partial charge in [0.15, 0.2) is 0 Å². The zero-order valence-corrected chi connectivity index (χ0v) is 12.1. The highest BCUT2D eigenvalue weighted by Gasteiger charge is 2.15. The molecule has 1 aromatic carbocycles. The zero-order chi connectivity index (χ0) is 13.9. The summed E-state index contributed by atoms with van der Waals surface area (Å²) < 4.78 is 0. The van der Waals surface area contributed by atoms with E-state index in [1.54, 1.807) is 0 Å². The molecule has 1 rings (SSSR count). The summed E-state index contributed by atoms with van der Waals surface area (Å²) in [6.07, 6.45) is 0. The Morgan fingerprint density at radius 3 is 2.11 bits per heavy atom. The number of aryl methyl sites for hydroxylation is 3. The van der Waals surface area contributed by atoms with Gasteiger partial charge >= 0.3 is 0 Å². The topological polar surface area (TPSA) is 46.3 Å². The zero-order valence-electron chi connectivity index (χ0n) is 12.1. The van der Waals surface area contributed by atoms with Gasteiger partial charge in [-0.2, -0.15) is 0 Å². The van der Waals surface area contributed by atoms with Crippen molar-refractivity contribution in [1.82, 2.24) is 4.90 Å². The van der Waals surface area contributed by atoms with Crippen LogP contribution in [0.4, 0.5) is 0 Å². The van der Waals surface area contributed by atoms with Gasteiger partial charge in [0.1, 0.15) is 0 Å². The number of amides is 1.